The maximum Gasteiger partial charge on any atom is 0.255 e. The summed E-state index contributed by atoms with van der Waals surface area (Å²) in [5, 5.41) is 3.30. The summed E-state index contributed by atoms with van der Waals surface area (Å²) in [5.41, 5.74) is 8.19. The molecule has 110 valence electrons. The molecule has 0 aliphatic rings. The summed E-state index contributed by atoms with van der Waals surface area (Å²) in [6.45, 7) is 1.85. The van der Waals surface area contributed by atoms with E-state index in [0.717, 1.165) is 5.56 Å². The van der Waals surface area contributed by atoms with Gasteiger partial charge in [-0.2, -0.15) is 0 Å². The molecule has 2 aromatic carbocycles. The van der Waals surface area contributed by atoms with Crippen molar-refractivity contribution in [1.29, 1.82) is 0 Å². The Morgan fingerprint density at radius 3 is 2.67 bits per heavy atom. The van der Waals surface area contributed by atoms with Crippen molar-refractivity contribution in [2.24, 2.45) is 0 Å². The molecule has 1 amide bonds. The number of ether oxygens (including phenoxy) is 1. The minimum absolute atomic E-state index is 0.273. The van der Waals surface area contributed by atoms with Crippen LogP contribution >= 0.6 is 27.5 Å². The van der Waals surface area contributed by atoms with E-state index in [-0.39, 0.29) is 5.91 Å². The smallest absolute Gasteiger partial charge is 0.255 e. The molecule has 0 radical (unpaired) electrons. The van der Waals surface area contributed by atoms with Crippen molar-refractivity contribution < 1.29 is 9.53 Å². The first-order valence-electron chi connectivity index (χ1n) is 6.13. The molecule has 0 aliphatic carbocycles. The van der Waals surface area contributed by atoms with Gasteiger partial charge in [0.25, 0.3) is 5.91 Å². The number of benzene rings is 2. The zero-order chi connectivity index (χ0) is 15.6. The van der Waals surface area contributed by atoms with Crippen LogP contribution in [0.2, 0.25) is 5.02 Å². The molecule has 6 heteroatoms. The second-order valence-electron chi connectivity index (χ2n) is 4.49. The Morgan fingerprint density at radius 1 is 1.33 bits per heavy atom. The summed E-state index contributed by atoms with van der Waals surface area (Å²) in [4.78, 5) is 12.2. The predicted octanol–water partition coefficient (Wildman–Crippen LogP) is 4.25. The molecule has 0 fully saturated rings. The molecule has 0 saturated heterocycles. The molecule has 0 atom stereocenters. The van der Waals surface area contributed by atoms with Crippen molar-refractivity contribution in [2.45, 2.75) is 6.92 Å². The fourth-order valence-corrected chi connectivity index (χ4v) is 2.52. The van der Waals surface area contributed by atoms with Gasteiger partial charge in [0.1, 0.15) is 5.75 Å². The Balaban J connectivity index is 2.26. The number of amides is 1. The van der Waals surface area contributed by atoms with Crippen LogP contribution in [0.4, 0.5) is 11.4 Å². The molecule has 4 nitrogen and oxygen atoms in total. The highest BCUT2D eigenvalue weighted by Crippen LogP contribution is 2.29. The quantitative estimate of drug-likeness (QED) is 0.795. The third-order valence-corrected chi connectivity index (χ3v) is 4.02. The Labute approximate surface area is 136 Å². The third-order valence-electron chi connectivity index (χ3n) is 2.99. The maximum absolute atomic E-state index is 12.2. The molecule has 2 aromatic rings. The number of nitrogens with two attached hydrogens (primary N) is 1. The van der Waals surface area contributed by atoms with Crippen LogP contribution in [0.25, 0.3) is 0 Å². The number of halogens is 2. The molecule has 3 N–H and O–H groups in total. The Bertz CT molecular complexity index is 704. The van der Waals surface area contributed by atoms with Gasteiger partial charge in [-0.05, 0) is 58.7 Å². The molecule has 2 rings (SSSR count). The number of methoxy groups -OCH3 is 1. The minimum Gasteiger partial charge on any atom is -0.496 e. The maximum atomic E-state index is 12.2. The lowest BCUT2D eigenvalue weighted by molar-refractivity contribution is 0.102. The Morgan fingerprint density at radius 2 is 2.05 bits per heavy atom. The number of aryl methyl sites for hydroxylation is 1. The van der Waals surface area contributed by atoms with Gasteiger partial charge in [0.15, 0.2) is 0 Å². The van der Waals surface area contributed by atoms with Gasteiger partial charge in [-0.25, -0.2) is 0 Å². The number of carbonyl (C=O) groups excluding carboxylic acids is 1. The van der Waals surface area contributed by atoms with Crippen LogP contribution in [-0.4, -0.2) is 13.0 Å². The molecule has 21 heavy (non-hydrogen) atoms. The van der Waals surface area contributed by atoms with Crippen molar-refractivity contribution in [3.63, 3.8) is 0 Å². The summed E-state index contributed by atoms with van der Waals surface area (Å²) >= 11 is 9.40. The first-order valence-corrected chi connectivity index (χ1v) is 7.30. The van der Waals surface area contributed by atoms with Gasteiger partial charge >= 0.3 is 0 Å². The van der Waals surface area contributed by atoms with Crippen LogP contribution < -0.4 is 15.8 Å². The van der Waals surface area contributed by atoms with Gasteiger partial charge in [-0.15, -0.1) is 0 Å². The molecule has 0 saturated carbocycles. The topological polar surface area (TPSA) is 64.3 Å². The zero-order valence-electron chi connectivity index (χ0n) is 11.5. The van der Waals surface area contributed by atoms with Crippen LogP contribution in [0.1, 0.15) is 15.9 Å². The van der Waals surface area contributed by atoms with Gasteiger partial charge in [0.05, 0.1) is 23.0 Å². The van der Waals surface area contributed by atoms with E-state index in [1.165, 1.54) is 0 Å². The number of hydrogen-bond acceptors (Lipinski definition) is 3. The van der Waals surface area contributed by atoms with Crippen LogP contribution in [0, 0.1) is 6.92 Å². The number of nitrogen functional groups attached to an aromatic ring is 1. The Hall–Kier alpha value is -1.72. The average Bonchev–Trinajstić information content (AvgIpc) is 2.44. The van der Waals surface area contributed by atoms with Gasteiger partial charge in [0, 0.05) is 10.6 Å². The molecule has 0 unspecified atom stereocenters. The van der Waals surface area contributed by atoms with E-state index >= 15 is 0 Å². The van der Waals surface area contributed by atoms with Crippen molar-refractivity contribution in [3.8, 4) is 5.75 Å². The largest absolute Gasteiger partial charge is 0.496 e. The predicted molar refractivity (Wildman–Crippen MR) is 89.2 cm³/mol. The van der Waals surface area contributed by atoms with E-state index in [1.54, 1.807) is 37.4 Å². The van der Waals surface area contributed by atoms with Crippen molar-refractivity contribution >= 4 is 44.8 Å². The van der Waals surface area contributed by atoms with Gasteiger partial charge in [-0.3, -0.25) is 4.79 Å². The van der Waals surface area contributed by atoms with Crippen LogP contribution in [-0.2, 0) is 0 Å². The van der Waals surface area contributed by atoms with E-state index in [0.29, 0.717) is 32.2 Å². The second kappa shape index (κ2) is 6.37. The van der Waals surface area contributed by atoms with E-state index < -0.39 is 0 Å². The fraction of sp³-hybridized carbons (Fsp3) is 0.133. The number of carbonyl (C=O) groups is 1. The molecule has 0 bridgehead atoms. The summed E-state index contributed by atoms with van der Waals surface area (Å²) in [5.74, 6) is 0.384. The average molecular weight is 370 g/mol. The molecular formula is C15H14BrClN2O2. The lowest BCUT2D eigenvalue weighted by atomic mass is 10.1. The van der Waals surface area contributed by atoms with Gasteiger partial charge in [-0.1, -0.05) is 11.6 Å². The second-order valence-corrected chi connectivity index (χ2v) is 5.75. The summed E-state index contributed by atoms with van der Waals surface area (Å²) in [7, 11) is 1.56. The normalized spacial score (nSPS) is 10.3. The summed E-state index contributed by atoms with van der Waals surface area (Å²) < 4.78 is 5.83. The summed E-state index contributed by atoms with van der Waals surface area (Å²) in [6.07, 6.45) is 0. The molecule has 0 heterocycles. The molecule has 0 spiro atoms. The zero-order valence-corrected chi connectivity index (χ0v) is 13.9. The third kappa shape index (κ3) is 3.49. The SMILES string of the molecule is COc1ccc(C(=O)Nc2cc(Cl)c(C)cc2N)cc1Br. The van der Waals surface area contributed by atoms with E-state index in [1.807, 2.05) is 6.92 Å². The van der Waals surface area contributed by atoms with Crippen LogP contribution in [0.3, 0.4) is 0 Å². The van der Waals surface area contributed by atoms with E-state index in [4.69, 9.17) is 22.1 Å². The fourth-order valence-electron chi connectivity index (χ4n) is 1.81. The first-order chi connectivity index (χ1) is 9.92. The highest BCUT2D eigenvalue weighted by Gasteiger charge is 2.12. The lowest BCUT2D eigenvalue weighted by Crippen LogP contribution is -2.13. The van der Waals surface area contributed by atoms with Gasteiger partial charge in [0.2, 0.25) is 0 Å². The van der Waals surface area contributed by atoms with E-state index in [9.17, 15) is 4.79 Å². The van der Waals surface area contributed by atoms with Gasteiger partial charge < -0.3 is 15.8 Å². The number of hydrogen-bond donors (Lipinski definition) is 2. The number of anilines is 2. The number of nitrogens with one attached hydrogen (secondary N) is 1. The monoisotopic (exact) mass is 368 g/mol. The highest BCUT2D eigenvalue weighted by atomic mass is 79.9. The van der Waals surface area contributed by atoms with Crippen molar-refractivity contribution in [3.05, 3.63) is 51.0 Å². The lowest BCUT2D eigenvalue weighted by Gasteiger charge is -2.11. The van der Waals surface area contributed by atoms with E-state index in [2.05, 4.69) is 21.2 Å². The Kier molecular flexibility index (Phi) is 4.75. The number of rotatable bonds is 3. The molecule has 0 aliphatic heterocycles. The first kappa shape index (κ1) is 15.7. The molecular weight excluding hydrogens is 356 g/mol. The minimum atomic E-state index is -0.273. The van der Waals surface area contributed by atoms with Crippen molar-refractivity contribution in [1.82, 2.24) is 0 Å². The van der Waals surface area contributed by atoms with Crippen molar-refractivity contribution in [2.75, 3.05) is 18.2 Å². The summed E-state index contributed by atoms with van der Waals surface area (Å²) in [6, 6.07) is 8.43. The standard InChI is InChI=1S/C15H14BrClN2O2/c1-8-5-12(18)13(7-11(8)17)19-15(20)9-3-4-14(21-2)10(16)6-9/h3-7H,18H2,1-2H3,(H,19,20). The highest BCUT2D eigenvalue weighted by molar-refractivity contribution is 9.10. The molecule has 0 aromatic heterocycles. The van der Waals surface area contributed by atoms with Crippen LogP contribution in [0.15, 0.2) is 34.8 Å². The van der Waals surface area contributed by atoms with Crippen LogP contribution in [0.5, 0.6) is 5.75 Å².